The summed E-state index contributed by atoms with van der Waals surface area (Å²) in [7, 11) is 0. The molecule has 0 aliphatic heterocycles. The molecule has 4 unspecified atom stereocenters. The zero-order valence-corrected chi connectivity index (χ0v) is 32.7. The molecule has 4 atom stereocenters. The first-order valence-electron chi connectivity index (χ1n) is 19.3. The normalized spacial score (nSPS) is 18.4. The van der Waals surface area contributed by atoms with Crippen LogP contribution in [-0.4, -0.2) is 6.29 Å². The van der Waals surface area contributed by atoms with Gasteiger partial charge >= 0.3 is 0 Å². The van der Waals surface area contributed by atoms with Gasteiger partial charge in [0.2, 0.25) is 0 Å². The van der Waals surface area contributed by atoms with E-state index in [9.17, 15) is 4.79 Å². The minimum absolute atomic E-state index is 0.0235. The van der Waals surface area contributed by atoms with Gasteiger partial charge in [0.1, 0.15) is 6.29 Å². The molecule has 258 valence electrons. The van der Waals surface area contributed by atoms with Crippen LogP contribution in [0.5, 0.6) is 0 Å². The lowest BCUT2D eigenvalue weighted by molar-refractivity contribution is 0.112. The summed E-state index contributed by atoms with van der Waals surface area (Å²) in [6.07, 6.45) is 22.2. The molecule has 1 nitrogen and oxygen atoms in total. The van der Waals surface area contributed by atoms with Crippen molar-refractivity contribution >= 4 is 22.2 Å². The molecule has 46 heavy (non-hydrogen) atoms. The Kier molecular flexibility index (Phi) is 16.6. The molecule has 0 saturated heterocycles. The molecule has 2 aromatic rings. The van der Waals surface area contributed by atoms with E-state index in [1.807, 2.05) is 6.07 Å². The average Bonchev–Trinajstić information content (AvgIpc) is 3.26. The third-order valence-electron chi connectivity index (χ3n) is 11.4. The standard InChI is InChI=1S/C44H69BrO/c1-32(2)13-9-15-34(5)17-11-19-36(7)25-27-44(28-26-37(8)20-12-18-35(6)16-10-14-33(3)4)42-29-38(31-46)21-23-40(42)41-24-22-39(45)30-43(41)44/h21-24,29-37H,9-20,25-28H2,1-8H3. The van der Waals surface area contributed by atoms with Gasteiger partial charge in [0.25, 0.3) is 0 Å². The van der Waals surface area contributed by atoms with Crippen LogP contribution in [0.2, 0.25) is 0 Å². The van der Waals surface area contributed by atoms with Gasteiger partial charge in [-0.3, -0.25) is 4.79 Å². The molecular weight excluding hydrogens is 624 g/mol. The van der Waals surface area contributed by atoms with Crippen molar-refractivity contribution in [3.63, 3.8) is 0 Å². The van der Waals surface area contributed by atoms with Crippen LogP contribution in [0.3, 0.4) is 0 Å². The van der Waals surface area contributed by atoms with Crippen molar-refractivity contribution in [2.75, 3.05) is 0 Å². The number of carbonyl (C=O) groups excluding carboxylic acids is 1. The molecule has 2 aromatic carbocycles. The number of hydrogen-bond donors (Lipinski definition) is 0. The van der Waals surface area contributed by atoms with Crippen molar-refractivity contribution in [3.05, 3.63) is 57.6 Å². The first kappa shape index (κ1) is 39.0. The summed E-state index contributed by atoms with van der Waals surface area (Å²) < 4.78 is 1.16. The highest BCUT2D eigenvalue weighted by Crippen LogP contribution is 2.55. The molecule has 0 amide bonds. The van der Waals surface area contributed by atoms with Gasteiger partial charge in [-0.25, -0.2) is 0 Å². The van der Waals surface area contributed by atoms with Crippen LogP contribution in [0.1, 0.15) is 180 Å². The van der Waals surface area contributed by atoms with Crippen molar-refractivity contribution in [2.45, 2.75) is 164 Å². The number of halogens is 1. The van der Waals surface area contributed by atoms with Crippen LogP contribution >= 0.6 is 15.9 Å². The average molecular weight is 694 g/mol. The van der Waals surface area contributed by atoms with Gasteiger partial charge in [0, 0.05) is 15.5 Å². The molecule has 3 rings (SSSR count). The third-order valence-corrected chi connectivity index (χ3v) is 11.8. The summed E-state index contributed by atoms with van der Waals surface area (Å²) in [5.74, 6) is 4.75. The largest absolute Gasteiger partial charge is 0.298 e. The number of aldehydes is 1. The predicted molar refractivity (Wildman–Crippen MR) is 206 cm³/mol. The number of benzene rings is 2. The highest BCUT2D eigenvalue weighted by molar-refractivity contribution is 9.10. The highest BCUT2D eigenvalue weighted by Gasteiger charge is 2.43. The van der Waals surface area contributed by atoms with Crippen molar-refractivity contribution in [2.24, 2.45) is 35.5 Å². The van der Waals surface area contributed by atoms with Crippen LogP contribution in [0, 0.1) is 35.5 Å². The first-order chi connectivity index (χ1) is 21.9. The summed E-state index contributed by atoms with van der Waals surface area (Å²) in [6, 6.07) is 13.4. The van der Waals surface area contributed by atoms with Crippen molar-refractivity contribution in [1.82, 2.24) is 0 Å². The van der Waals surface area contributed by atoms with Crippen molar-refractivity contribution in [1.29, 1.82) is 0 Å². The molecule has 0 radical (unpaired) electrons. The quantitative estimate of drug-likeness (QED) is 0.106. The summed E-state index contributed by atoms with van der Waals surface area (Å²) in [4.78, 5) is 12.0. The Balaban J connectivity index is 1.70. The summed E-state index contributed by atoms with van der Waals surface area (Å²) in [5.41, 5.74) is 6.40. The van der Waals surface area contributed by atoms with E-state index in [2.05, 4.69) is 102 Å². The molecule has 0 saturated carbocycles. The minimum atomic E-state index is -0.0235. The second-order valence-corrected chi connectivity index (χ2v) is 17.6. The Labute approximate surface area is 293 Å². The van der Waals surface area contributed by atoms with E-state index >= 15 is 0 Å². The maximum Gasteiger partial charge on any atom is 0.150 e. The van der Waals surface area contributed by atoms with Crippen LogP contribution in [0.15, 0.2) is 40.9 Å². The molecule has 2 heteroatoms. The monoisotopic (exact) mass is 692 g/mol. The first-order valence-corrected chi connectivity index (χ1v) is 20.1. The van der Waals surface area contributed by atoms with Gasteiger partial charge in [0.15, 0.2) is 0 Å². The van der Waals surface area contributed by atoms with Gasteiger partial charge < -0.3 is 0 Å². The fraction of sp³-hybridized carbons (Fsp3) is 0.705. The number of rotatable bonds is 23. The van der Waals surface area contributed by atoms with Gasteiger partial charge in [-0.15, -0.1) is 0 Å². The van der Waals surface area contributed by atoms with E-state index in [1.54, 1.807) is 0 Å². The lowest BCUT2D eigenvalue weighted by Gasteiger charge is -2.35. The Morgan fingerprint density at radius 2 is 0.935 bits per heavy atom. The van der Waals surface area contributed by atoms with E-state index in [1.165, 1.54) is 112 Å². The maximum atomic E-state index is 12.0. The van der Waals surface area contributed by atoms with Crippen molar-refractivity contribution in [3.8, 4) is 11.1 Å². The minimum Gasteiger partial charge on any atom is -0.298 e. The van der Waals surface area contributed by atoms with E-state index in [4.69, 9.17) is 0 Å². The van der Waals surface area contributed by atoms with Gasteiger partial charge in [-0.2, -0.15) is 0 Å². The van der Waals surface area contributed by atoms with Gasteiger partial charge in [-0.05, 0) is 102 Å². The lowest BCUT2D eigenvalue weighted by Crippen LogP contribution is -2.27. The molecule has 0 bridgehead atoms. The molecule has 0 spiro atoms. The SMILES string of the molecule is CC(C)CCCC(C)CCCC(C)CCC1(CCC(C)CCCC(C)CCCC(C)C)c2cc(Br)ccc2-c2ccc(C=O)cc21. The molecular formula is C44H69BrO. The zero-order chi connectivity index (χ0) is 33.7. The Bertz CT molecular complexity index is 1140. The van der Waals surface area contributed by atoms with E-state index in [0.29, 0.717) is 11.8 Å². The fourth-order valence-corrected chi connectivity index (χ4v) is 8.52. The summed E-state index contributed by atoms with van der Waals surface area (Å²) in [5, 5.41) is 0. The second kappa shape index (κ2) is 19.6. The fourth-order valence-electron chi connectivity index (χ4n) is 8.16. The molecule has 0 heterocycles. The Morgan fingerprint density at radius 1 is 0.543 bits per heavy atom. The molecule has 1 aliphatic carbocycles. The van der Waals surface area contributed by atoms with Crippen LogP contribution < -0.4 is 0 Å². The molecule has 1 aliphatic rings. The van der Waals surface area contributed by atoms with E-state index in [0.717, 1.165) is 52.8 Å². The smallest absolute Gasteiger partial charge is 0.150 e. The van der Waals surface area contributed by atoms with Crippen LogP contribution in [-0.2, 0) is 5.41 Å². The van der Waals surface area contributed by atoms with Crippen LogP contribution in [0.25, 0.3) is 11.1 Å². The topological polar surface area (TPSA) is 17.1 Å². The van der Waals surface area contributed by atoms with Gasteiger partial charge in [0.05, 0.1) is 0 Å². The molecule has 0 fully saturated rings. The Morgan fingerprint density at radius 3 is 1.37 bits per heavy atom. The zero-order valence-electron chi connectivity index (χ0n) is 31.1. The molecule has 0 N–H and O–H groups in total. The predicted octanol–water partition coefficient (Wildman–Crippen LogP) is 14.6. The van der Waals surface area contributed by atoms with E-state index in [-0.39, 0.29) is 5.41 Å². The maximum absolute atomic E-state index is 12.0. The van der Waals surface area contributed by atoms with Crippen molar-refractivity contribution < 1.29 is 4.79 Å². The van der Waals surface area contributed by atoms with Gasteiger partial charge in [-0.1, -0.05) is 167 Å². The highest BCUT2D eigenvalue weighted by atomic mass is 79.9. The van der Waals surface area contributed by atoms with E-state index < -0.39 is 0 Å². The number of carbonyl (C=O) groups is 1. The number of fused-ring (bicyclic) bond motifs is 3. The summed E-state index contributed by atoms with van der Waals surface area (Å²) >= 11 is 3.84. The number of hydrogen-bond acceptors (Lipinski definition) is 1. The second-order valence-electron chi connectivity index (χ2n) is 16.7. The summed E-state index contributed by atoms with van der Waals surface area (Å²) in [6.45, 7) is 19.3. The van der Waals surface area contributed by atoms with Crippen LogP contribution in [0.4, 0.5) is 0 Å². The molecule has 0 aromatic heterocycles. The lowest BCUT2D eigenvalue weighted by atomic mass is 9.69. The Hall–Kier alpha value is -1.41. The third kappa shape index (κ3) is 11.9.